The van der Waals surface area contributed by atoms with Crippen LogP contribution in [0.3, 0.4) is 0 Å². The Balaban J connectivity index is 1.49. The molecule has 0 heterocycles. The third kappa shape index (κ3) is 3.53. The second-order valence-corrected chi connectivity index (χ2v) is 9.07. The van der Waals surface area contributed by atoms with Crippen molar-refractivity contribution in [2.24, 2.45) is 17.3 Å². The van der Waals surface area contributed by atoms with Gasteiger partial charge in [0.15, 0.2) is 0 Å². The van der Waals surface area contributed by atoms with Crippen molar-refractivity contribution in [3.8, 4) is 11.1 Å². The second-order valence-electron chi connectivity index (χ2n) is 8.06. The molecule has 140 valence electrons. The number of carbonyl (C=O) groups is 1. The first-order valence-electron chi connectivity index (χ1n) is 9.27. The number of ether oxygens (including phenoxy) is 1. The van der Waals surface area contributed by atoms with Crippen molar-refractivity contribution in [3.63, 3.8) is 0 Å². The molecule has 2 unspecified atom stereocenters. The average Bonchev–Trinajstić information content (AvgIpc) is 2.97. The van der Waals surface area contributed by atoms with E-state index in [-0.39, 0.29) is 33.8 Å². The number of carbonyl (C=O) groups excluding carboxylic acids is 1. The third-order valence-corrected chi connectivity index (χ3v) is 6.24. The molecule has 2 aliphatic rings. The maximum Gasteiger partial charge on any atom is 0.310 e. The van der Waals surface area contributed by atoms with Gasteiger partial charge in [-0.05, 0) is 39.7 Å². The van der Waals surface area contributed by atoms with E-state index in [0.717, 1.165) is 12.8 Å². The Morgan fingerprint density at radius 1 is 1.07 bits per heavy atom. The maximum absolute atomic E-state index is 12.7. The summed E-state index contributed by atoms with van der Waals surface area (Å²) >= 11 is 11.6. The van der Waals surface area contributed by atoms with Crippen molar-refractivity contribution in [2.45, 2.75) is 32.8 Å². The Morgan fingerprint density at radius 2 is 1.81 bits per heavy atom. The molecule has 1 fully saturated rings. The van der Waals surface area contributed by atoms with Crippen molar-refractivity contribution >= 4 is 29.2 Å². The quantitative estimate of drug-likeness (QED) is 0.592. The van der Waals surface area contributed by atoms with E-state index < -0.39 is 0 Å². The predicted octanol–water partition coefficient (Wildman–Crippen LogP) is 5.96. The van der Waals surface area contributed by atoms with Gasteiger partial charge in [-0.3, -0.25) is 4.79 Å². The SMILES string of the molecule is CC1(C)C(C=C(Cl)Cl)[C@H]1C(=O)OC1Cc2cccc(-c3ccccc3)c2C1. The van der Waals surface area contributed by atoms with Crippen LogP contribution in [0.1, 0.15) is 25.0 Å². The van der Waals surface area contributed by atoms with Crippen LogP contribution in [0.25, 0.3) is 11.1 Å². The summed E-state index contributed by atoms with van der Waals surface area (Å²) in [6.45, 7) is 4.10. The number of benzene rings is 2. The number of hydrogen-bond acceptors (Lipinski definition) is 2. The van der Waals surface area contributed by atoms with E-state index in [2.05, 4.69) is 30.3 Å². The Morgan fingerprint density at radius 3 is 2.52 bits per heavy atom. The van der Waals surface area contributed by atoms with Gasteiger partial charge in [-0.1, -0.05) is 85.6 Å². The van der Waals surface area contributed by atoms with Crippen LogP contribution in [0, 0.1) is 17.3 Å². The molecule has 2 aliphatic carbocycles. The van der Waals surface area contributed by atoms with Crippen LogP contribution in [-0.4, -0.2) is 12.1 Å². The smallest absolute Gasteiger partial charge is 0.310 e. The number of esters is 1. The van der Waals surface area contributed by atoms with Crippen molar-refractivity contribution in [3.05, 3.63) is 70.2 Å². The number of hydrogen-bond donors (Lipinski definition) is 0. The first-order chi connectivity index (χ1) is 12.9. The standard InChI is InChI=1S/C23H22Cl2O2/c1-23(2)19(13-20(24)25)21(23)22(26)27-16-11-15-9-6-10-17(18(15)12-16)14-7-4-3-5-8-14/h3-10,13,16,19,21H,11-12H2,1-2H3/t16?,19?,21-/m0/s1. The monoisotopic (exact) mass is 400 g/mol. The molecule has 0 saturated heterocycles. The predicted molar refractivity (Wildman–Crippen MR) is 110 cm³/mol. The molecule has 3 atom stereocenters. The zero-order chi connectivity index (χ0) is 19.2. The van der Waals surface area contributed by atoms with Crippen molar-refractivity contribution in [1.29, 1.82) is 0 Å². The van der Waals surface area contributed by atoms with Gasteiger partial charge in [-0.2, -0.15) is 0 Å². The van der Waals surface area contributed by atoms with Gasteiger partial charge in [0.2, 0.25) is 0 Å². The first kappa shape index (κ1) is 18.6. The lowest BCUT2D eigenvalue weighted by atomic mass is 9.97. The van der Waals surface area contributed by atoms with E-state index in [1.165, 1.54) is 22.3 Å². The van der Waals surface area contributed by atoms with E-state index in [0.29, 0.717) is 0 Å². The van der Waals surface area contributed by atoms with Gasteiger partial charge in [0.05, 0.1) is 5.92 Å². The Kier molecular flexibility index (Phi) is 4.82. The first-order valence-corrected chi connectivity index (χ1v) is 10.0. The molecule has 2 aromatic carbocycles. The van der Waals surface area contributed by atoms with Gasteiger partial charge in [0, 0.05) is 12.8 Å². The molecule has 0 radical (unpaired) electrons. The van der Waals surface area contributed by atoms with E-state index in [9.17, 15) is 4.79 Å². The maximum atomic E-state index is 12.7. The molecule has 0 amide bonds. The van der Waals surface area contributed by atoms with Crippen LogP contribution in [-0.2, 0) is 22.4 Å². The molecule has 0 aromatic heterocycles. The number of fused-ring (bicyclic) bond motifs is 1. The molecule has 0 aliphatic heterocycles. The van der Waals surface area contributed by atoms with Crippen LogP contribution < -0.4 is 0 Å². The average molecular weight is 401 g/mol. The molecule has 4 rings (SSSR count). The van der Waals surface area contributed by atoms with Crippen LogP contribution >= 0.6 is 23.2 Å². The lowest BCUT2D eigenvalue weighted by molar-refractivity contribution is -0.151. The fourth-order valence-corrected chi connectivity index (χ4v) is 4.67. The molecular weight excluding hydrogens is 379 g/mol. The fraction of sp³-hybridized carbons (Fsp3) is 0.348. The van der Waals surface area contributed by atoms with Gasteiger partial charge >= 0.3 is 5.97 Å². The lowest BCUT2D eigenvalue weighted by Gasteiger charge is -2.12. The van der Waals surface area contributed by atoms with E-state index in [1.807, 2.05) is 32.0 Å². The van der Waals surface area contributed by atoms with Crippen molar-refractivity contribution in [2.75, 3.05) is 0 Å². The minimum atomic E-state index is -0.178. The highest BCUT2D eigenvalue weighted by Gasteiger charge is 2.62. The van der Waals surface area contributed by atoms with Crippen LogP contribution in [0.4, 0.5) is 0 Å². The number of halogens is 2. The van der Waals surface area contributed by atoms with Crippen LogP contribution in [0.2, 0.25) is 0 Å². The molecule has 27 heavy (non-hydrogen) atoms. The molecule has 0 N–H and O–H groups in total. The number of allylic oxidation sites excluding steroid dienone is 1. The largest absolute Gasteiger partial charge is 0.461 e. The van der Waals surface area contributed by atoms with Gasteiger partial charge in [-0.15, -0.1) is 0 Å². The highest BCUT2D eigenvalue weighted by molar-refractivity contribution is 6.55. The zero-order valence-corrected chi connectivity index (χ0v) is 16.9. The topological polar surface area (TPSA) is 26.3 Å². The van der Waals surface area contributed by atoms with E-state index in [4.69, 9.17) is 27.9 Å². The minimum absolute atomic E-state index is 0.0404. The summed E-state index contributed by atoms with van der Waals surface area (Å²) in [7, 11) is 0. The minimum Gasteiger partial charge on any atom is -0.461 e. The molecule has 0 bridgehead atoms. The summed E-state index contributed by atoms with van der Waals surface area (Å²) in [6.07, 6.45) is 3.18. The normalized spacial score (nSPS) is 24.8. The summed E-state index contributed by atoms with van der Waals surface area (Å²) in [5.41, 5.74) is 4.83. The third-order valence-electron chi connectivity index (χ3n) is 5.99. The Labute approximate surface area is 170 Å². The number of rotatable bonds is 4. The summed E-state index contributed by atoms with van der Waals surface area (Å²) in [5, 5.41) is 0. The van der Waals surface area contributed by atoms with Gasteiger partial charge < -0.3 is 4.74 Å². The summed E-state index contributed by atoms with van der Waals surface area (Å²) in [4.78, 5) is 12.7. The zero-order valence-electron chi connectivity index (χ0n) is 15.4. The Hall–Kier alpha value is -1.77. The van der Waals surface area contributed by atoms with E-state index >= 15 is 0 Å². The van der Waals surface area contributed by atoms with Gasteiger partial charge in [0.25, 0.3) is 0 Å². The van der Waals surface area contributed by atoms with Gasteiger partial charge in [-0.25, -0.2) is 0 Å². The van der Waals surface area contributed by atoms with Crippen LogP contribution in [0.15, 0.2) is 59.1 Å². The summed E-state index contributed by atoms with van der Waals surface area (Å²) in [6, 6.07) is 16.7. The molecule has 2 nitrogen and oxygen atoms in total. The van der Waals surface area contributed by atoms with E-state index in [1.54, 1.807) is 6.08 Å². The van der Waals surface area contributed by atoms with Crippen molar-refractivity contribution < 1.29 is 9.53 Å². The molecular formula is C23H22Cl2O2. The lowest BCUT2D eigenvalue weighted by Crippen LogP contribution is -2.21. The summed E-state index contributed by atoms with van der Waals surface area (Å²) < 4.78 is 6.11. The highest BCUT2D eigenvalue weighted by Crippen LogP contribution is 2.60. The molecule has 2 aromatic rings. The fourth-order valence-electron chi connectivity index (χ4n) is 4.40. The van der Waals surface area contributed by atoms with Crippen LogP contribution in [0.5, 0.6) is 0 Å². The molecule has 1 saturated carbocycles. The van der Waals surface area contributed by atoms with Crippen molar-refractivity contribution in [1.82, 2.24) is 0 Å². The van der Waals surface area contributed by atoms with Gasteiger partial charge in [0.1, 0.15) is 10.6 Å². The second kappa shape index (κ2) is 7.00. The highest BCUT2D eigenvalue weighted by atomic mass is 35.5. The molecule has 4 heteroatoms. The molecule has 0 spiro atoms. The Bertz CT molecular complexity index is 898. The summed E-state index contributed by atoms with van der Waals surface area (Å²) in [5.74, 6) is -0.282.